The molecule has 2 nitrogen and oxygen atoms in total. The molecule has 0 aromatic carbocycles. The van der Waals surface area contributed by atoms with Crippen molar-refractivity contribution in [2.75, 3.05) is 0 Å². The van der Waals surface area contributed by atoms with Crippen molar-refractivity contribution in [3.63, 3.8) is 0 Å². The fraction of sp³-hybridized carbons (Fsp3) is 0.333. The predicted octanol–water partition coefficient (Wildman–Crippen LogP) is 1.19. The number of halogens is 1. The van der Waals surface area contributed by atoms with Crippen molar-refractivity contribution < 1.29 is 0 Å². The van der Waals surface area contributed by atoms with Gasteiger partial charge in [0, 0.05) is 0 Å². The van der Waals surface area contributed by atoms with E-state index in [2.05, 4.69) is 15.9 Å². The monoisotopic (exact) mass is 212 g/mol. The van der Waals surface area contributed by atoms with E-state index in [1.165, 1.54) is 10.8 Å². The smallest absolute Gasteiger partial charge is 0.0963 e. The molecule has 0 saturated heterocycles. The van der Waals surface area contributed by atoms with Crippen molar-refractivity contribution in [1.82, 2.24) is 0 Å². The summed E-state index contributed by atoms with van der Waals surface area (Å²) in [7, 11) is 3.08. The van der Waals surface area contributed by atoms with Crippen LogP contribution in [-0.4, -0.2) is 5.37 Å². The summed E-state index contributed by atoms with van der Waals surface area (Å²) in [6, 6.07) is 0. The molecule has 4 N–H and O–H groups in total. The maximum Gasteiger partial charge on any atom is 0.0963 e. The van der Waals surface area contributed by atoms with Crippen molar-refractivity contribution in [3.8, 4) is 0 Å². The van der Waals surface area contributed by atoms with Gasteiger partial charge in [-0.15, -0.1) is 0 Å². The number of hydrogen-bond donors (Lipinski definition) is 2. The van der Waals surface area contributed by atoms with Crippen LogP contribution in [0.2, 0.25) is 0 Å². The first-order chi connectivity index (χ1) is 3.72. The van der Waals surface area contributed by atoms with E-state index in [0.717, 1.165) is 9.51 Å². The molecule has 0 amide bonds. The second kappa shape index (κ2) is 2.51. The molecule has 1 aliphatic heterocycles. The third kappa shape index (κ3) is 1.15. The van der Waals surface area contributed by atoms with Crippen molar-refractivity contribution in [2.24, 2.45) is 11.5 Å². The van der Waals surface area contributed by atoms with E-state index in [1.807, 2.05) is 0 Å². The molecule has 0 saturated carbocycles. The number of nitrogens with two attached hydrogens (primary N) is 2. The summed E-state index contributed by atoms with van der Waals surface area (Å²) in [5.41, 5.74) is 11.0. The second-order valence-electron chi connectivity index (χ2n) is 1.31. The van der Waals surface area contributed by atoms with Gasteiger partial charge in [0.1, 0.15) is 0 Å². The Morgan fingerprint density at radius 3 is 2.38 bits per heavy atom. The summed E-state index contributed by atoms with van der Waals surface area (Å²) in [4.78, 5) is 0. The third-order valence-electron chi connectivity index (χ3n) is 0.727. The maximum absolute atomic E-state index is 5.53. The lowest BCUT2D eigenvalue weighted by Crippen LogP contribution is -2.12. The van der Waals surface area contributed by atoms with Gasteiger partial charge in [0.15, 0.2) is 0 Å². The third-order valence-corrected chi connectivity index (χ3v) is 4.60. The first kappa shape index (κ1) is 6.80. The van der Waals surface area contributed by atoms with Gasteiger partial charge in [-0.1, -0.05) is 26.7 Å². The first-order valence-electron chi connectivity index (χ1n) is 1.96. The Labute approximate surface area is 64.0 Å². The fourth-order valence-corrected chi connectivity index (χ4v) is 3.42. The van der Waals surface area contributed by atoms with Gasteiger partial charge in [-0.05, 0) is 10.8 Å². The Hall–Kier alpha value is 0.680. The molecule has 1 unspecified atom stereocenters. The minimum Gasteiger partial charge on any atom is -0.392 e. The van der Waals surface area contributed by atoms with E-state index in [-0.39, 0.29) is 5.37 Å². The second-order valence-corrected chi connectivity index (χ2v) is 4.55. The van der Waals surface area contributed by atoms with Gasteiger partial charge in [0.2, 0.25) is 0 Å². The van der Waals surface area contributed by atoms with Crippen LogP contribution in [0.5, 0.6) is 0 Å². The first-order valence-corrected chi connectivity index (χ1v) is 4.96. The number of hydrogen-bond acceptors (Lipinski definition) is 4. The molecule has 1 heterocycles. The van der Waals surface area contributed by atoms with E-state index in [0.29, 0.717) is 0 Å². The molecular weight excluding hydrogens is 208 g/mol. The quantitative estimate of drug-likeness (QED) is 0.593. The molecule has 46 valence electrons. The van der Waals surface area contributed by atoms with Crippen LogP contribution in [0.15, 0.2) is 9.51 Å². The van der Waals surface area contributed by atoms with E-state index in [4.69, 9.17) is 11.5 Å². The molecule has 0 radical (unpaired) electrons. The average molecular weight is 213 g/mol. The van der Waals surface area contributed by atoms with Gasteiger partial charge >= 0.3 is 0 Å². The van der Waals surface area contributed by atoms with Crippen molar-refractivity contribution in [1.29, 1.82) is 0 Å². The summed E-state index contributed by atoms with van der Waals surface area (Å²) < 4.78 is 0.924. The van der Waals surface area contributed by atoms with Crippen LogP contribution in [0, 0.1) is 0 Å². The molecular formula is C3H5BrN2S2. The van der Waals surface area contributed by atoms with E-state index in [1.54, 1.807) is 10.8 Å². The standard InChI is InChI=1S/C3H5BrN2S2/c4-1-2(5)7-8-3(1)6/h2H,5-6H2. The van der Waals surface area contributed by atoms with Gasteiger partial charge in [-0.2, -0.15) is 0 Å². The van der Waals surface area contributed by atoms with Gasteiger partial charge in [0.25, 0.3) is 0 Å². The van der Waals surface area contributed by atoms with Crippen LogP contribution in [0.4, 0.5) is 0 Å². The predicted molar refractivity (Wildman–Crippen MR) is 43.3 cm³/mol. The van der Waals surface area contributed by atoms with E-state index in [9.17, 15) is 0 Å². The molecule has 5 heteroatoms. The zero-order valence-electron chi connectivity index (χ0n) is 3.93. The molecule has 0 aromatic heterocycles. The van der Waals surface area contributed by atoms with E-state index < -0.39 is 0 Å². The highest BCUT2D eigenvalue weighted by atomic mass is 79.9. The SMILES string of the molecule is NC1=C(Br)C(N)SS1. The molecule has 0 aliphatic carbocycles. The van der Waals surface area contributed by atoms with Crippen LogP contribution in [-0.2, 0) is 0 Å². The molecule has 0 bridgehead atoms. The Morgan fingerprint density at radius 2 is 2.25 bits per heavy atom. The van der Waals surface area contributed by atoms with E-state index >= 15 is 0 Å². The molecule has 0 fully saturated rings. The Morgan fingerprint density at radius 1 is 1.62 bits per heavy atom. The fourth-order valence-electron chi connectivity index (χ4n) is 0.326. The highest BCUT2D eigenvalue weighted by molar-refractivity contribution is 9.12. The largest absolute Gasteiger partial charge is 0.392 e. The Kier molecular flexibility index (Phi) is 2.13. The summed E-state index contributed by atoms with van der Waals surface area (Å²) in [5, 5.41) is 0.836. The average Bonchev–Trinajstić information content (AvgIpc) is 1.98. The van der Waals surface area contributed by atoms with Gasteiger partial charge in [0.05, 0.1) is 14.9 Å². The number of rotatable bonds is 0. The van der Waals surface area contributed by atoms with Crippen LogP contribution >= 0.6 is 37.5 Å². The van der Waals surface area contributed by atoms with Crippen molar-refractivity contribution >= 4 is 37.5 Å². The lowest BCUT2D eigenvalue weighted by atomic mass is 10.6. The van der Waals surface area contributed by atoms with Crippen LogP contribution < -0.4 is 11.5 Å². The molecule has 1 rings (SSSR count). The lowest BCUT2D eigenvalue weighted by molar-refractivity contribution is 1.15. The zero-order chi connectivity index (χ0) is 6.15. The van der Waals surface area contributed by atoms with Gasteiger partial charge in [-0.25, -0.2) is 0 Å². The maximum atomic E-state index is 5.53. The van der Waals surface area contributed by atoms with Gasteiger partial charge < -0.3 is 11.5 Å². The molecule has 0 aromatic rings. The van der Waals surface area contributed by atoms with Crippen LogP contribution in [0.1, 0.15) is 0 Å². The molecule has 1 atom stereocenters. The molecule has 8 heavy (non-hydrogen) atoms. The summed E-state index contributed by atoms with van der Waals surface area (Å²) >= 11 is 3.26. The Bertz CT molecular complexity index is 135. The Balaban J connectivity index is 2.71. The normalized spacial score (nSPS) is 29.5. The van der Waals surface area contributed by atoms with Crippen molar-refractivity contribution in [2.45, 2.75) is 5.37 Å². The molecule has 0 spiro atoms. The van der Waals surface area contributed by atoms with Gasteiger partial charge in [-0.3, -0.25) is 0 Å². The lowest BCUT2D eigenvalue weighted by Gasteiger charge is -1.95. The minimum absolute atomic E-state index is 0.0417. The van der Waals surface area contributed by atoms with Crippen molar-refractivity contribution in [3.05, 3.63) is 9.51 Å². The highest BCUT2D eigenvalue weighted by Gasteiger charge is 2.19. The summed E-state index contributed by atoms with van der Waals surface area (Å²) in [6.45, 7) is 0. The topological polar surface area (TPSA) is 52.0 Å². The highest BCUT2D eigenvalue weighted by Crippen LogP contribution is 2.43. The van der Waals surface area contributed by atoms with Crippen LogP contribution in [0.25, 0.3) is 0 Å². The summed E-state index contributed by atoms with van der Waals surface area (Å²) in [5.74, 6) is 0. The minimum atomic E-state index is 0.0417. The zero-order valence-corrected chi connectivity index (χ0v) is 7.15. The molecule has 1 aliphatic rings. The van der Waals surface area contributed by atoms with Crippen LogP contribution in [0.3, 0.4) is 0 Å². The summed E-state index contributed by atoms with van der Waals surface area (Å²) in [6.07, 6.45) is 0.